The maximum Gasteiger partial charge on any atom is 0.309 e. The standard InChI is InChI=1S/C9H14O3/c1-6-4-8(6)9(10)12-7-2-3-11-5-7/h6-8H,2-5H2,1H3/t6?,7-,8?/m0/s1. The minimum absolute atomic E-state index is 0.0157. The van der Waals surface area contributed by atoms with Crippen LogP contribution in [0.1, 0.15) is 19.8 Å². The monoisotopic (exact) mass is 170 g/mol. The van der Waals surface area contributed by atoms with Crippen LogP contribution < -0.4 is 0 Å². The molecule has 0 amide bonds. The summed E-state index contributed by atoms with van der Waals surface area (Å²) in [4.78, 5) is 11.3. The van der Waals surface area contributed by atoms with Crippen molar-refractivity contribution in [3.05, 3.63) is 0 Å². The Morgan fingerprint density at radius 1 is 1.58 bits per heavy atom. The van der Waals surface area contributed by atoms with Crippen LogP contribution in [0.15, 0.2) is 0 Å². The second kappa shape index (κ2) is 3.05. The number of carbonyl (C=O) groups excluding carboxylic acids is 1. The topological polar surface area (TPSA) is 35.5 Å². The minimum Gasteiger partial charge on any atom is -0.460 e. The van der Waals surface area contributed by atoms with Gasteiger partial charge in [0.1, 0.15) is 6.10 Å². The van der Waals surface area contributed by atoms with E-state index >= 15 is 0 Å². The molecule has 0 bridgehead atoms. The van der Waals surface area contributed by atoms with Crippen LogP contribution in [-0.2, 0) is 14.3 Å². The van der Waals surface area contributed by atoms with Crippen molar-refractivity contribution in [1.82, 2.24) is 0 Å². The second-order valence-electron chi connectivity index (χ2n) is 3.74. The average Bonchev–Trinajstić information content (AvgIpc) is 2.58. The molecule has 0 N–H and O–H groups in total. The molecule has 2 fully saturated rings. The first kappa shape index (κ1) is 8.05. The van der Waals surface area contributed by atoms with Gasteiger partial charge in [0.2, 0.25) is 0 Å². The molecular weight excluding hydrogens is 156 g/mol. The van der Waals surface area contributed by atoms with E-state index in [0.29, 0.717) is 12.5 Å². The van der Waals surface area contributed by atoms with E-state index in [1.807, 2.05) is 0 Å². The van der Waals surface area contributed by atoms with Crippen LogP contribution in [0.2, 0.25) is 0 Å². The van der Waals surface area contributed by atoms with Crippen LogP contribution in [0.3, 0.4) is 0 Å². The van der Waals surface area contributed by atoms with Crippen LogP contribution >= 0.6 is 0 Å². The van der Waals surface area contributed by atoms with E-state index < -0.39 is 0 Å². The molecule has 3 atom stereocenters. The molecular formula is C9H14O3. The molecule has 1 saturated carbocycles. The largest absolute Gasteiger partial charge is 0.460 e. The maximum absolute atomic E-state index is 11.3. The van der Waals surface area contributed by atoms with Crippen LogP contribution in [0.5, 0.6) is 0 Å². The summed E-state index contributed by atoms with van der Waals surface area (Å²) in [6.07, 6.45) is 1.91. The summed E-state index contributed by atoms with van der Waals surface area (Å²) in [7, 11) is 0. The zero-order valence-electron chi connectivity index (χ0n) is 7.29. The van der Waals surface area contributed by atoms with Gasteiger partial charge in [0.25, 0.3) is 0 Å². The third-order valence-corrected chi connectivity index (χ3v) is 2.58. The highest BCUT2D eigenvalue weighted by molar-refractivity contribution is 5.75. The van der Waals surface area contributed by atoms with Crippen molar-refractivity contribution in [3.63, 3.8) is 0 Å². The van der Waals surface area contributed by atoms with E-state index in [1.165, 1.54) is 0 Å². The molecule has 3 heteroatoms. The van der Waals surface area contributed by atoms with Gasteiger partial charge >= 0.3 is 5.97 Å². The van der Waals surface area contributed by atoms with Gasteiger partial charge in [0.05, 0.1) is 19.1 Å². The lowest BCUT2D eigenvalue weighted by molar-refractivity contribution is -0.150. The lowest BCUT2D eigenvalue weighted by Crippen LogP contribution is -2.19. The second-order valence-corrected chi connectivity index (χ2v) is 3.74. The van der Waals surface area contributed by atoms with Crippen LogP contribution in [-0.4, -0.2) is 25.3 Å². The zero-order valence-corrected chi connectivity index (χ0v) is 7.29. The van der Waals surface area contributed by atoms with Crippen molar-refractivity contribution in [1.29, 1.82) is 0 Å². The lowest BCUT2D eigenvalue weighted by atomic mass is 10.3. The third kappa shape index (κ3) is 1.61. The number of ether oxygens (including phenoxy) is 2. The quantitative estimate of drug-likeness (QED) is 0.579. The molecule has 2 unspecified atom stereocenters. The predicted molar refractivity (Wildman–Crippen MR) is 42.6 cm³/mol. The van der Waals surface area contributed by atoms with Gasteiger partial charge in [-0.3, -0.25) is 4.79 Å². The molecule has 2 rings (SSSR count). The Labute approximate surface area is 72.0 Å². The first-order chi connectivity index (χ1) is 5.77. The first-order valence-corrected chi connectivity index (χ1v) is 4.55. The normalized spacial score (nSPS) is 39.6. The molecule has 0 aromatic carbocycles. The molecule has 1 heterocycles. The Morgan fingerprint density at radius 2 is 2.33 bits per heavy atom. The summed E-state index contributed by atoms with van der Waals surface area (Å²) in [6.45, 7) is 3.40. The molecule has 0 aromatic heterocycles. The molecule has 0 spiro atoms. The van der Waals surface area contributed by atoms with Gasteiger partial charge in [0, 0.05) is 6.42 Å². The fraction of sp³-hybridized carbons (Fsp3) is 0.889. The van der Waals surface area contributed by atoms with Crippen LogP contribution in [0, 0.1) is 11.8 Å². The Hall–Kier alpha value is -0.570. The van der Waals surface area contributed by atoms with Crippen LogP contribution in [0.25, 0.3) is 0 Å². The predicted octanol–water partition coefficient (Wildman–Crippen LogP) is 0.974. The Kier molecular flexibility index (Phi) is 2.05. The van der Waals surface area contributed by atoms with Crippen molar-refractivity contribution in [2.75, 3.05) is 13.2 Å². The van der Waals surface area contributed by atoms with E-state index in [0.717, 1.165) is 19.4 Å². The fourth-order valence-electron chi connectivity index (χ4n) is 1.51. The molecule has 0 radical (unpaired) electrons. The first-order valence-electron chi connectivity index (χ1n) is 4.55. The maximum atomic E-state index is 11.3. The molecule has 68 valence electrons. The third-order valence-electron chi connectivity index (χ3n) is 2.58. The Balaban J connectivity index is 1.75. The zero-order chi connectivity index (χ0) is 8.55. The fourth-order valence-corrected chi connectivity index (χ4v) is 1.51. The molecule has 2 aliphatic rings. The van der Waals surface area contributed by atoms with Gasteiger partial charge in [-0.25, -0.2) is 0 Å². The number of carbonyl (C=O) groups is 1. The molecule has 12 heavy (non-hydrogen) atoms. The molecule has 1 aliphatic carbocycles. The van der Waals surface area contributed by atoms with E-state index in [4.69, 9.17) is 9.47 Å². The van der Waals surface area contributed by atoms with Gasteiger partial charge in [-0.1, -0.05) is 6.92 Å². The summed E-state index contributed by atoms with van der Waals surface area (Å²) in [5.74, 6) is 0.712. The van der Waals surface area contributed by atoms with Gasteiger partial charge < -0.3 is 9.47 Å². The van der Waals surface area contributed by atoms with Crippen molar-refractivity contribution >= 4 is 5.97 Å². The summed E-state index contributed by atoms with van der Waals surface area (Å²) in [5, 5.41) is 0. The van der Waals surface area contributed by atoms with E-state index in [-0.39, 0.29) is 18.0 Å². The van der Waals surface area contributed by atoms with E-state index in [1.54, 1.807) is 0 Å². The Morgan fingerprint density at radius 3 is 2.83 bits per heavy atom. The number of esters is 1. The van der Waals surface area contributed by atoms with Gasteiger partial charge in [-0.15, -0.1) is 0 Å². The van der Waals surface area contributed by atoms with Crippen LogP contribution in [0.4, 0.5) is 0 Å². The van der Waals surface area contributed by atoms with Crippen molar-refractivity contribution in [2.24, 2.45) is 11.8 Å². The highest BCUT2D eigenvalue weighted by Gasteiger charge is 2.41. The molecule has 1 aliphatic heterocycles. The highest BCUT2D eigenvalue weighted by atomic mass is 16.6. The summed E-state index contributed by atoms with van der Waals surface area (Å²) in [6, 6.07) is 0. The summed E-state index contributed by atoms with van der Waals surface area (Å²) < 4.78 is 10.3. The summed E-state index contributed by atoms with van der Waals surface area (Å²) >= 11 is 0. The number of hydrogen-bond donors (Lipinski definition) is 0. The Bertz CT molecular complexity index is 184. The van der Waals surface area contributed by atoms with Crippen molar-refractivity contribution in [2.45, 2.75) is 25.9 Å². The molecule has 1 saturated heterocycles. The molecule has 0 aromatic rings. The minimum atomic E-state index is -0.0157. The van der Waals surface area contributed by atoms with E-state index in [2.05, 4.69) is 6.92 Å². The molecule has 3 nitrogen and oxygen atoms in total. The average molecular weight is 170 g/mol. The van der Waals surface area contributed by atoms with Gasteiger partial charge in [-0.05, 0) is 12.3 Å². The van der Waals surface area contributed by atoms with Gasteiger partial charge in [-0.2, -0.15) is 0 Å². The van der Waals surface area contributed by atoms with Crippen molar-refractivity contribution < 1.29 is 14.3 Å². The van der Waals surface area contributed by atoms with Gasteiger partial charge in [0.15, 0.2) is 0 Å². The lowest BCUT2D eigenvalue weighted by Gasteiger charge is -2.08. The number of hydrogen-bond acceptors (Lipinski definition) is 3. The van der Waals surface area contributed by atoms with E-state index in [9.17, 15) is 4.79 Å². The SMILES string of the molecule is CC1CC1C(=O)O[C@H]1CCOC1. The van der Waals surface area contributed by atoms with Crippen molar-refractivity contribution in [3.8, 4) is 0 Å². The highest BCUT2D eigenvalue weighted by Crippen LogP contribution is 2.39. The smallest absolute Gasteiger partial charge is 0.309 e. The summed E-state index contributed by atoms with van der Waals surface area (Å²) in [5.41, 5.74) is 0. The number of rotatable bonds is 2.